The van der Waals surface area contributed by atoms with Gasteiger partial charge in [0, 0.05) is 5.69 Å². The maximum atomic E-state index is 6.05. The standard InChI is InChI=1S/C21H30N2OS/c1-3-19-20(14-17-10-6-4-7-11-17)23(21(22-19)25-2)16-24-15-18-12-8-5-9-13-18/h5,8-9,12-13,17H,3-4,6-7,10-11,14-16H2,1-2H3. The molecule has 0 saturated heterocycles. The van der Waals surface area contributed by atoms with Gasteiger partial charge in [0.05, 0.1) is 12.3 Å². The van der Waals surface area contributed by atoms with E-state index in [-0.39, 0.29) is 0 Å². The summed E-state index contributed by atoms with van der Waals surface area (Å²) in [6, 6.07) is 10.4. The lowest BCUT2D eigenvalue weighted by molar-refractivity contribution is 0.0563. The molecule has 0 unspecified atom stereocenters. The van der Waals surface area contributed by atoms with Crippen molar-refractivity contribution in [3.63, 3.8) is 0 Å². The molecular formula is C21H30N2OS. The molecule has 136 valence electrons. The molecule has 0 amide bonds. The molecule has 2 aromatic rings. The molecule has 1 aliphatic rings. The number of thioether (sulfide) groups is 1. The zero-order chi connectivity index (χ0) is 17.5. The summed E-state index contributed by atoms with van der Waals surface area (Å²) in [5, 5.41) is 1.09. The van der Waals surface area contributed by atoms with Crippen LogP contribution >= 0.6 is 11.8 Å². The molecule has 3 nitrogen and oxygen atoms in total. The molecule has 0 N–H and O–H groups in total. The molecular weight excluding hydrogens is 328 g/mol. The first-order valence-electron chi connectivity index (χ1n) is 9.55. The molecule has 1 aromatic heterocycles. The number of imidazole rings is 1. The van der Waals surface area contributed by atoms with Crippen LogP contribution in [-0.4, -0.2) is 15.8 Å². The number of aryl methyl sites for hydroxylation is 1. The third kappa shape index (κ3) is 4.89. The Hall–Kier alpha value is -1.26. The maximum absolute atomic E-state index is 6.05. The molecule has 1 saturated carbocycles. The highest BCUT2D eigenvalue weighted by molar-refractivity contribution is 7.98. The van der Waals surface area contributed by atoms with Crippen LogP contribution in [0.2, 0.25) is 0 Å². The quantitative estimate of drug-likeness (QED) is 0.586. The highest BCUT2D eigenvalue weighted by Gasteiger charge is 2.21. The molecule has 0 bridgehead atoms. The van der Waals surface area contributed by atoms with Gasteiger partial charge in [-0.05, 0) is 30.6 Å². The van der Waals surface area contributed by atoms with Gasteiger partial charge in [-0.3, -0.25) is 4.57 Å². The second kappa shape index (κ2) is 9.44. The largest absolute Gasteiger partial charge is 0.356 e. The van der Waals surface area contributed by atoms with Crippen molar-refractivity contribution < 1.29 is 4.74 Å². The fraction of sp³-hybridized carbons (Fsp3) is 0.571. The van der Waals surface area contributed by atoms with Gasteiger partial charge in [0.1, 0.15) is 6.73 Å². The van der Waals surface area contributed by atoms with Crippen LogP contribution in [0.4, 0.5) is 0 Å². The van der Waals surface area contributed by atoms with Gasteiger partial charge in [-0.25, -0.2) is 4.98 Å². The van der Waals surface area contributed by atoms with Crippen LogP contribution in [-0.2, 0) is 30.9 Å². The zero-order valence-electron chi connectivity index (χ0n) is 15.5. The van der Waals surface area contributed by atoms with E-state index in [1.807, 2.05) is 6.07 Å². The van der Waals surface area contributed by atoms with Crippen molar-refractivity contribution >= 4 is 11.8 Å². The van der Waals surface area contributed by atoms with Gasteiger partial charge in [0.2, 0.25) is 0 Å². The first-order chi connectivity index (χ1) is 12.3. The second-order valence-electron chi connectivity index (χ2n) is 6.94. The van der Waals surface area contributed by atoms with E-state index in [4.69, 9.17) is 9.72 Å². The van der Waals surface area contributed by atoms with Crippen LogP contribution in [0.3, 0.4) is 0 Å². The summed E-state index contributed by atoms with van der Waals surface area (Å²) >= 11 is 1.73. The Morgan fingerprint density at radius 1 is 1.16 bits per heavy atom. The molecule has 0 aliphatic heterocycles. The minimum absolute atomic E-state index is 0.597. The van der Waals surface area contributed by atoms with Crippen LogP contribution in [0.25, 0.3) is 0 Å². The Bertz CT molecular complexity index is 647. The Labute approximate surface area is 156 Å². The lowest BCUT2D eigenvalue weighted by Crippen LogP contribution is -2.15. The summed E-state index contributed by atoms with van der Waals surface area (Å²) in [6.07, 6.45) is 11.2. The minimum Gasteiger partial charge on any atom is -0.356 e. The number of hydrogen-bond donors (Lipinski definition) is 0. The summed E-state index contributed by atoms with van der Waals surface area (Å²) < 4.78 is 8.37. The van der Waals surface area contributed by atoms with Crippen LogP contribution in [0.1, 0.15) is 56.0 Å². The van der Waals surface area contributed by atoms with E-state index in [9.17, 15) is 0 Å². The normalized spacial score (nSPS) is 15.6. The molecule has 1 heterocycles. The Balaban J connectivity index is 1.72. The minimum atomic E-state index is 0.597. The van der Waals surface area contributed by atoms with Gasteiger partial charge in [0.25, 0.3) is 0 Å². The van der Waals surface area contributed by atoms with Crippen molar-refractivity contribution in [2.45, 2.75) is 70.4 Å². The number of aromatic nitrogens is 2. The van der Waals surface area contributed by atoms with Crippen molar-refractivity contribution in [1.82, 2.24) is 9.55 Å². The average Bonchev–Trinajstić information content (AvgIpc) is 3.00. The topological polar surface area (TPSA) is 27.1 Å². The number of benzene rings is 1. The highest BCUT2D eigenvalue weighted by atomic mass is 32.2. The molecule has 1 aliphatic carbocycles. The summed E-state index contributed by atoms with van der Waals surface area (Å²) in [5.74, 6) is 0.818. The van der Waals surface area contributed by atoms with Crippen LogP contribution < -0.4 is 0 Å². The molecule has 0 spiro atoms. The number of hydrogen-bond acceptors (Lipinski definition) is 3. The van der Waals surface area contributed by atoms with E-state index in [1.54, 1.807) is 11.8 Å². The van der Waals surface area contributed by atoms with E-state index < -0.39 is 0 Å². The number of nitrogens with zero attached hydrogens (tertiary/aromatic N) is 2. The van der Waals surface area contributed by atoms with Crippen LogP contribution in [0.5, 0.6) is 0 Å². The van der Waals surface area contributed by atoms with E-state index in [1.165, 1.54) is 49.1 Å². The monoisotopic (exact) mass is 358 g/mol. The van der Waals surface area contributed by atoms with E-state index in [0.717, 1.165) is 23.9 Å². The lowest BCUT2D eigenvalue weighted by atomic mass is 9.85. The van der Waals surface area contributed by atoms with E-state index in [0.29, 0.717) is 13.3 Å². The van der Waals surface area contributed by atoms with Crippen LogP contribution in [0, 0.1) is 5.92 Å². The SMILES string of the molecule is CCc1nc(SC)n(COCc2ccccc2)c1CC1CCCCC1. The maximum Gasteiger partial charge on any atom is 0.170 e. The number of rotatable bonds is 8. The van der Waals surface area contributed by atoms with Crippen molar-refractivity contribution in [3.8, 4) is 0 Å². The summed E-state index contributed by atoms with van der Waals surface area (Å²) in [5.41, 5.74) is 3.89. The van der Waals surface area contributed by atoms with Gasteiger partial charge in [0.15, 0.2) is 5.16 Å². The first kappa shape index (κ1) is 18.5. The summed E-state index contributed by atoms with van der Waals surface area (Å²) in [4.78, 5) is 4.88. The van der Waals surface area contributed by atoms with Crippen molar-refractivity contribution in [2.75, 3.05) is 6.26 Å². The average molecular weight is 359 g/mol. The predicted molar refractivity (Wildman–Crippen MR) is 105 cm³/mol. The summed E-state index contributed by atoms with van der Waals surface area (Å²) in [6.45, 7) is 3.46. The van der Waals surface area contributed by atoms with Crippen molar-refractivity contribution in [1.29, 1.82) is 0 Å². The van der Waals surface area contributed by atoms with Gasteiger partial charge in [-0.2, -0.15) is 0 Å². The zero-order valence-corrected chi connectivity index (χ0v) is 16.4. The Morgan fingerprint density at radius 3 is 2.60 bits per heavy atom. The first-order valence-corrected chi connectivity index (χ1v) is 10.8. The van der Waals surface area contributed by atoms with Crippen LogP contribution in [0.15, 0.2) is 35.5 Å². The van der Waals surface area contributed by atoms with Gasteiger partial charge >= 0.3 is 0 Å². The molecule has 4 heteroatoms. The fourth-order valence-electron chi connectivity index (χ4n) is 3.81. The Kier molecular flexibility index (Phi) is 7.00. The third-order valence-corrected chi connectivity index (χ3v) is 5.85. The van der Waals surface area contributed by atoms with E-state index in [2.05, 4.69) is 42.0 Å². The molecule has 1 aromatic carbocycles. The fourth-order valence-corrected chi connectivity index (χ4v) is 4.39. The predicted octanol–water partition coefficient (Wildman–Crippen LogP) is 5.46. The number of ether oxygens (including phenoxy) is 1. The second-order valence-corrected chi connectivity index (χ2v) is 7.72. The van der Waals surface area contributed by atoms with Gasteiger partial charge < -0.3 is 4.74 Å². The summed E-state index contributed by atoms with van der Waals surface area (Å²) in [7, 11) is 0. The van der Waals surface area contributed by atoms with Gasteiger partial charge in [-0.1, -0.05) is 81.1 Å². The van der Waals surface area contributed by atoms with Crippen molar-refractivity contribution in [2.24, 2.45) is 5.92 Å². The molecule has 25 heavy (non-hydrogen) atoms. The molecule has 0 atom stereocenters. The van der Waals surface area contributed by atoms with Gasteiger partial charge in [-0.15, -0.1) is 0 Å². The Morgan fingerprint density at radius 2 is 1.92 bits per heavy atom. The highest BCUT2D eigenvalue weighted by Crippen LogP contribution is 2.30. The molecule has 0 radical (unpaired) electrons. The molecule has 3 rings (SSSR count). The third-order valence-electron chi connectivity index (χ3n) is 5.18. The van der Waals surface area contributed by atoms with E-state index >= 15 is 0 Å². The molecule has 1 fully saturated rings. The smallest absolute Gasteiger partial charge is 0.170 e. The van der Waals surface area contributed by atoms with Crippen molar-refractivity contribution in [3.05, 3.63) is 47.3 Å². The lowest BCUT2D eigenvalue weighted by Gasteiger charge is -2.23.